The lowest BCUT2D eigenvalue weighted by Gasteiger charge is -2.24. The molecule has 0 amide bonds. The smallest absolute Gasteiger partial charge is 0.330 e. The molecule has 1 saturated heterocycles. The molecule has 0 aromatic heterocycles. The molecule has 1 unspecified atom stereocenters. The minimum atomic E-state index is -0.562. The third-order valence-electron chi connectivity index (χ3n) is 3.74. The van der Waals surface area contributed by atoms with E-state index in [1.807, 2.05) is 37.3 Å². The van der Waals surface area contributed by atoms with Crippen molar-refractivity contribution in [1.82, 2.24) is 0 Å². The highest BCUT2D eigenvalue weighted by Crippen LogP contribution is 2.25. The van der Waals surface area contributed by atoms with Gasteiger partial charge in [0.05, 0.1) is 33.0 Å². The largest absolute Gasteiger partial charge is 0.466 e. The number of ether oxygens (including phenoxy) is 4. The van der Waals surface area contributed by atoms with Crippen molar-refractivity contribution in [2.45, 2.75) is 38.3 Å². The highest BCUT2D eigenvalue weighted by molar-refractivity contribution is 5.81. The lowest BCUT2D eigenvalue weighted by Crippen LogP contribution is -2.27. The summed E-state index contributed by atoms with van der Waals surface area (Å²) in [5.74, 6) is -0.953. The fourth-order valence-electron chi connectivity index (χ4n) is 2.37. The zero-order chi connectivity index (χ0) is 16.5. The van der Waals surface area contributed by atoms with E-state index in [9.17, 15) is 4.79 Å². The van der Waals surface area contributed by atoms with E-state index >= 15 is 0 Å². The van der Waals surface area contributed by atoms with Crippen LogP contribution in [-0.4, -0.2) is 38.2 Å². The van der Waals surface area contributed by atoms with E-state index in [-0.39, 0.29) is 6.10 Å². The van der Waals surface area contributed by atoms with Crippen LogP contribution in [0.1, 0.15) is 25.3 Å². The molecule has 0 N–H and O–H groups in total. The molecule has 126 valence electrons. The monoisotopic (exact) mass is 320 g/mol. The molecule has 1 aliphatic heterocycles. The Hall–Kier alpha value is -1.69. The third-order valence-corrected chi connectivity index (χ3v) is 3.74. The van der Waals surface area contributed by atoms with Gasteiger partial charge in [-0.3, -0.25) is 0 Å². The lowest BCUT2D eigenvalue weighted by atomic mass is 10.1. The van der Waals surface area contributed by atoms with Gasteiger partial charge in [0.1, 0.15) is 0 Å². The number of hydrogen-bond acceptors (Lipinski definition) is 5. The van der Waals surface area contributed by atoms with Crippen molar-refractivity contribution in [2.24, 2.45) is 0 Å². The second kappa shape index (κ2) is 8.82. The van der Waals surface area contributed by atoms with E-state index in [1.165, 1.54) is 13.2 Å². The van der Waals surface area contributed by atoms with Gasteiger partial charge in [-0.1, -0.05) is 30.3 Å². The normalized spacial score (nSPS) is 18.2. The Kier molecular flexibility index (Phi) is 6.77. The van der Waals surface area contributed by atoms with Gasteiger partial charge in [0.25, 0.3) is 0 Å². The van der Waals surface area contributed by atoms with Crippen LogP contribution in [0.5, 0.6) is 0 Å². The Morgan fingerprint density at radius 2 is 2.00 bits per heavy atom. The van der Waals surface area contributed by atoms with Crippen LogP contribution in [-0.2, 0) is 30.3 Å². The van der Waals surface area contributed by atoms with Gasteiger partial charge in [-0.15, -0.1) is 0 Å². The number of carbonyl (C=O) groups excluding carboxylic acids is 1. The minimum absolute atomic E-state index is 0.209. The molecule has 1 fully saturated rings. The van der Waals surface area contributed by atoms with E-state index in [4.69, 9.17) is 14.2 Å². The molecule has 0 aliphatic carbocycles. The zero-order valence-electron chi connectivity index (χ0n) is 13.7. The van der Waals surface area contributed by atoms with Crippen LogP contribution in [0.2, 0.25) is 0 Å². The lowest BCUT2D eigenvalue weighted by molar-refractivity contribution is -0.151. The molecule has 0 spiro atoms. The summed E-state index contributed by atoms with van der Waals surface area (Å²) in [6.45, 7) is 3.64. The summed E-state index contributed by atoms with van der Waals surface area (Å²) < 4.78 is 21.8. The van der Waals surface area contributed by atoms with Crippen molar-refractivity contribution in [3.8, 4) is 0 Å². The van der Waals surface area contributed by atoms with Gasteiger partial charge in [0, 0.05) is 12.5 Å². The van der Waals surface area contributed by atoms with Crippen LogP contribution in [0, 0.1) is 0 Å². The molecule has 1 aliphatic rings. The first-order valence-corrected chi connectivity index (χ1v) is 7.81. The molecule has 0 saturated carbocycles. The summed E-state index contributed by atoms with van der Waals surface area (Å²) in [7, 11) is 1.35. The number of hydrogen-bond donors (Lipinski definition) is 0. The van der Waals surface area contributed by atoms with Crippen molar-refractivity contribution in [2.75, 3.05) is 20.3 Å². The highest BCUT2D eigenvalue weighted by atomic mass is 16.7. The van der Waals surface area contributed by atoms with Crippen molar-refractivity contribution in [3.63, 3.8) is 0 Å². The summed E-state index contributed by atoms with van der Waals surface area (Å²) >= 11 is 0. The number of rotatable bonds is 8. The van der Waals surface area contributed by atoms with E-state index in [1.54, 1.807) is 6.08 Å². The Morgan fingerprint density at radius 1 is 1.30 bits per heavy atom. The molecule has 23 heavy (non-hydrogen) atoms. The van der Waals surface area contributed by atoms with Crippen LogP contribution in [0.4, 0.5) is 0 Å². The number of esters is 1. The molecule has 1 atom stereocenters. The second-order valence-electron chi connectivity index (χ2n) is 5.59. The molecule has 0 bridgehead atoms. The summed E-state index contributed by atoms with van der Waals surface area (Å²) in [4.78, 5) is 11.3. The number of carbonyl (C=O) groups is 1. The Bertz CT molecular complexity index is 505. The summed E-state index contributed by atoms with van der Waals surface area (Å²) in [5.41, 5.74) is 1.09. The fraction of sp³-hybridized carbons (Fsp3) is 0.500. The van der Waals surface area contributed by atoms with Gasteiger partial charge < -0.3 is 18.9 Å². The molecule has 1 heterocycles. The Morgan fingerprint density at radius 3 is 2.65 bits per heavy atom. The summed E-state index contributed by atoms with van der Waals surface area (Å²) in [5, 5.41) is 0. The third kappa shape index (κ3) is 6.14. The molecular weight excluding hydrogens is 296 g/mol. The molecule has 5 nitrogen and oxygen atoms in total. The zero-order valence-corrected chi connectivity index (χ0v) is 13.7. The molecule has 0 radical (unpaired) electrons. The molecule has 2 rings (SSSR count). The minimum Gasteiger partial charge on any atom is -0.466 e. The van der Waals surface area contributed by atoms with Crippen LogP contribution in [0.15, 0.2) is 42.5 Å². The average molecular weight is 320 g/mol. The van der Waals surface area contributed by atoms with Gasteiger partial charge in [0.15, 0.2) is 5.79 Å². The van der Waals surface area contributed by atoms with Gasteiger partial charge in [0.2, 0.25) is 0 Å². The van der Waals surface area contributed by atoms with E-state index in [0.717, 1.165) is 5.56 Å². The van der Waals surface area contributed by atoms with Crippen LogP contribution >= 0.6 is 0 Å². The standard InChI is InChI=1S/C18H24O5/c1-18(22-12-13-23-18)11-10-16(8-9-17(19)20-2)21-14-15-6-4-3-5-7-15/h3-9,16H,10-14H2,1-2H3/b9-8+. The summed E-state index contributed by atoms with van der Waals surface area (Å²) in [6, 6.07) is 9.92. The SMILES string of the molecule is COC(=O)/C=C/C(CCC1(C)OCCO1)OCc1ccccc1. The Balaban J connectivity index is 1.90. The summed E-state index contributed by atoms with van der Waals surface area (Å²) in [6.07, 6.45) is 4.30. The first kappa shape index (κ1) is 17.7. The second-order valence-corrected chi connectivity index (χ2v) is 5.59. The molecule has 1 aromatic carbocycles. The maximum atomic E-state index is 11.3. The predicted octanol–water partition coefficient (Wildman–Crippen LogP) is 2.84. The van der Waals surface area contributed by atoms with Crippen LogP contribution < -0.4 is 0 Å². The number of benzene rings is 1. The van der Waals surface area contributed by atoms with Crippen molar-refractivity contribution < 1.29 is 23.7 Å². The first-order valence-electron chi connectivity index (χ1n) is 7.81. The Labute approximate surface area is 137 Å². The molecular formula is C18H24O5. The van der Waals surface area contributed by atoms with E-state index in [0.29, 0.717) is 32.7 Å². The molecule has 1 aromatic rings. The average Bonchev–Trinajstić information content (AvgIpc) is 3.01. The molecule has 5 heteroatoms. The van der Waals surface area contributed by atoms with Gasteiger partial charge >= 0.3 is 5.97 Å². The number of methoxy groups -OCH3 is 1. The van der Waals surface area contributed by atoms with Gasteiger partial charge in [-0.25, -0.2) is 4.79 Å². The first-order chi connectivity index (χ1) is 11.1. The predicted molar refractivity (Wildman–Crippen MR) is 85.7 cm³/mol. The quantitative estimate of drug-likeness (QED) is 0.544. The maximum absolute atomic E-state index is 11.3. The van der Waals surface area contributed by atoms with Gasteiger partial charge in [-0.2, -0.15) is 0 Å². The van der Waals surface area contributed by atoms with Crippen molar-refractivity contribution in [3.05, 3.63) is 48.0 Å². The van der Waals surface area contributed by atoms with Gasteiger partial charge in [-0.05, 0) is 25.0 Å². The fourth-order valence-corrected chi connectivity index (χ4v) is 2.37. The highest BCUT2D eigenvalue weighted by Gasteiger charge is 2.31. The maximum Gasteiger partial charge on any atom is 0.330 e. The van der Waals surface area contributed by atoms with Crippen LogP contribution in [0.3, 0.4) is 0 Å². The van der Waals surface area contributed by atoms with E-state index < -0.39 is 11.8 Å². The van der Waals surface area contributed by atoms with Crippen molar-refractivity contribution >= 4 is 5.97 Å². The van der Waals surface area contributed by atoms with Crippen LogP contribution in [0.25, 0.3) is 0 Å². The van der Waals surface area contributed by atoms with Crippen molar-refractivity contribution in [1.29, 1.82) is 0 Å². The van der Waals surface area contributed by atoms with E-state index in [2.05, 4.69) is 4.74 Å². The topological polar surface area (TPSA) is 54.0 Å².